The molecule has 0 fully saturated rings. The van der Waals surface area contributed by atoms with Crippen molar-refractivity contribution < 1.29 is 28.8 Å². The molecule has 8 heteroatoms. The van der Waals surface area contributed by atoms with Crippen molar-refractivity contribution in [2.75, 3.05) is 0 Å². The van der Waals surface area contributed by atoms with Crippen LogP contribution < -0.4 is 0 Å². The van der Waals surface area contributed by atoms with E-state index in [1.165, 1.54) is 6.08 Å². The standard InChI is InChI=1S/C6H9O2.K.H3O4P/c1-3-5-8-6(7)4-2;;1-5(2,3)4/h4-5H,2-3H2,1H3;;(H3,1,2,3,4). The van der Waals surface area contributed by atoms with Gasteiger partial charge in [-0.1, -0.05) is 0 Å². The molecule has 0 radical (unpaired) electrons. The second-order valence-corrected chi connectivity index (χ2v) is 5.41. The second kappa shape index (κ2) is 9.20. The summed E-state index contributed by atoms with van der Waals surface area (Å²) in [6, 6.07) is 0. The number of hydrogen-bond donors (Lipinski definition) is 3. The van der Waals surface area contributed by atoms with Gasteiger partial charge in [0.2, 0.25) is 0 Å². The van der Waals surface area contributed by atoms with Crippen molar-refractivity contribution in [1.82, 2.24) is 0 Å². The smallest absolute Gasteiger partial charge is 0.303 e. The van der Waals surface area contributed by atoms with E-state index in [1.807, 2.05) is 6.92 Å². The summed E-state index contributed by atoms with van der Waals surface area (Å²) in [5, 5.41) is 0. The summed E-state index contributed by atoms with van der Waals surface area (Å²) in [6.07, 6.45) is 2.13. The van der Waals surface area contributed by atoms with Crippen molar-refractivity contribution >= 4 is 62.7 Å². The van der Waals surface area contributed by atoms with Crippen LogP contribution in [-0.2, 0) is 14.1 Å². The molecule has 0 bridgehead atoms. The Morgan fingerprint density at radius 1 is 1.64 bits per heavy atom. The predicted octanol–water partition coefficient (Wildman–Crippen LogP) is -0.308. The number of hydrogen-bond acceptors (Lipinski definition) is 3. The Hall–Kier alpha value is 0.956. The van der Waals surface area contributed by atoms with Gasteiger partial charge in [0, 0.05) is 0 Å². The molecule has 0 amide bonds. The molecule has 0 spiro atoms. The van der Waals surface area contributed by atoms with Gasteiger partial charge in [0.15, 0.2) is 0 Å². The number of carbonyl (C=O) groups excluding carboxylic acids is 1. The van der Waals surface area contributed by atoms with Crippen LogP contribution in [0.25, 0.3) is 0 Å². The number of rotatable bonds is 3. The summed E-state index contributed by atoms with van der Waals surface area (Å²) in [5.41, 5.74) is 0. The Morgan fingerprint density at radius 3 is 2.21 bits per heavy atom. The molecule has 0 aliphatic rings. The first-order valence-corrected chi connectivity index (χ1v) is 7.18. The first-order valence-electron chi connectivity index (χ1n) is 3.82. The molecule has 6 nitrogen and oxygen atoms in total. The van der Waals surface area contributed by atoms with Crippen molar-refractivity contribution in [3.05, 3.63) is 12.7 Å². The molecule has 14 heavy (non-hydrogen) atoms. The summed E-state index contributed by atoms with van der Waals surface area (Å²) in [6.45, 7) is 5.30. The summed E-state index contributed by atoms with van der Waals surface area (Å²) in [4.78, 5) is 32.0. The minimum atomic E-state index is -4.64. The summed E-state index contributed by atoms with van der Waals surface area (Å²) in [5.74, 6) is -0.296. The van der Waals surface area contributed by atoms with Crippen LogP contribution in [-0.4, -0.2) is 69.8 Å². The number of phosphoric acid groups is 1. The normalized spacial score (nSPS) is 12.1. The van der Waals surface area contributed by atoms with Gasteiger partial charge in [-0.2, -0.15) is 0 Å². The van der Waals surface area contributed by atoms with Gasteiger partial charge >= 0.3 is 98.5 Å². The Labute approximate surface area is 116 Å². The van der Waals surface area contributed by atoms with Gasteiger partial charge in [-0.25, -0.2) is 4.57 Å². The third kappa shape index (κ3) is 23.1. The van der Waals surface area contributed by atoms with Crippen molar-refractivity contribution in [2.45, 2.75) is 13.5 Å². The molecule has 0 aromatic heterocycles. The first kappa shape index (κ1) is 17.4. The number of ether oxygens (including phenoxy) is 1. The average Bonchev–Trinajstić information content (AvgIpc) is 2.01. The van der Waals surface area contributed by atoms with E-state index in [2.05, 4.69) is 6.58 Å². The molecule has 1 atom stereocenters. The molecular weight excluding hydrogens is 238 g/mol. The van der Waals surface area contributed by atoms with E-state index < -0.39 is 7.82 Å². The maximum Gasteiger partial charge on any atom is 0.466 e. The molecule has 0 aromatic rings. The molecule has 0 aliphatic heterocycles. The molecule has 0 aromatic carbocycles. The van der Waals surface area contributed by atoms with Crippen LogP contribution in [0.15, 0.2) is 12.7 Å². The van der Waals surface area contributed by atoms with Gasteiger partial charge in [0.05, 0.1) is 0 Å². The zero-order valence-corrected chi connectivity index (χ0v) is 12.1. The maximum atomic E-state index is 10.5. The van der Waals surface area contributed by atoms with Crippen LogP contribution in [0, 0.1) is 0 Å². The zero-order valence-electron chi connectivity index (χ0n) is 8.08. The quantitative estimate of drug-likeness (QED) is 0.275. The van der Waals surface area contributed by atoms with Crippen molar-refractivity contribution in [3.8, 4) is 0 Å². The minimum Gasteiger partial charge on any atom is -0.303 e. The largest absolute Gasteiger partial charge is 0.466 e. The third-order valence-electron chi connectivity index (χ3n) is 1.06. The van der Waals surface area contributed by atoms with Crippen molar-refractivity contribution in [3.63, 3.8) is 0 Å². The Kier molecular flexibility index (Phi) is 11.4. The molecule has 0 saturated carbocycles. The molecular formula is C6H12KO6P. The van der Waals surface area contributed by atoms with Gasteiger partial charge < -0.3 is 14.7 Å². The fourth-order valence-electron chi connectivity index (χ4n) is 0.330. The number of carbonyl (C=O) groups is 1. The van der Waals surface area contributed by atoms with Crippen LogP contribution >= 0.6 is 7.82 Å². The van der Waals surface area contributed by atoms with Crippen LogP contribution in [0.2, 0.25) is 0 Å². The average molecular weight is 250 g/mol. The number of esters is 1. The SMILES string of the molecule is C=CC(=O)O[CH]([K])CC.O=P(O)(O)O. The molecule has 1 unspecified atom stereocenters. The minimum absolute atomic E-state index is 0.197. The molecule has 78 valence electrons. The zero-order chi connectivity index (χ0) is 11.8. The topological polar surface area (TPSA) is 104 Å². The molecule has 0 aliphatic carbocycles. The van der Waals surface area contributed by atoms with E-state index in [4.69, 9.17) is 24.0 Å². The molecule has 0 rings (SSSR count). The van der Waals surface area contributed by atoms with Crippen LogP contribution in [0.4, 0.5) is 0 Å². The Bertz CT molecular complexity index is 216. The van der Waals surface area contributed by atoms with Gasteiger partial charge in [-0.15, -0.1) is 0 Å². The fraction of sp³-hybridized carbons (Fsp3) is 0.500. The molecule has 0 saturated heterocycles. The van der Waals surface area contributed by atoms with E-state index in [0.717, 1.165) is 6.42 Å². The van der Waals surface area contributed by atoms with E-state index >= 15 is 0 Å². The fourth-order valence-corrected chi connectivity index (χ4v) is 0.692. The van der Waals surface area contributed by atoms with E-state index in [9.17, 15) is 4.79 Å². The van der Waals surface area contributed by atoms with E-state index in [0.29, 0.717) is 49.0 Å². The van der Waals surface area contributed by atoms with Crippen molar-refractivity contribution in [1.29, 1.82) is 0 Å². The Balaban J connectivity index is 0. The predicted molar refractivity (Wildman–Crippen MR) is 50.4 cm³/mol. The molecule has 0 heterocycles. The van der Waals surface area contributed by atoms with Gasteiger partial charge in [-0.05, 0) is 0 Å². The van der Waals surface area contributed by atoms with E-state index in [1.54, 1.807) is 0 Å². The third-order valence-corrected chi connectivity index (χ3v) is 2.70. The van der Waals surface area contributed by atoms with Gasteiger partial charge in [0.1, 0.15) is 0 Å². The van der Waals surface area contributed by atoms with Crippen LogP contribution in [0.5, 0.6) is 0 Å². The van der Waals surface area contributed by atoms with Crippen molar-refractivity contribution in [2.24, 2.45) is 0 Å². The summed E-state index contributed by atoms with van der Waals surface area (Å²) < 4.78 is 14.0. The van der Waals surface area contributed by atoms with Crippen LogP contribution in [0.3, 0.4) is 0 Å². The van der Waals surface area contributed by atoms with Gasteiger partial charge in [0.25, 0.3) is 0 Å². The Morgan fingerprint density at radius 2 is 2.00 bits per heavy atom. The second-order valence-electron chi connectivity index (χ2n) is 2.37. The van der Waals surface area contributed by atoms with Crippen LogP contribution in [0.1, 0.15) is 13.3 Å². The summed E-state index contributed by atoms with van der Waals surface area (Å²) >= 11 is 0.570. The first-order chi connectivity index (χ1) is 6.20. The summed E-state index contributed by atoms with van der Waals surface area (Å²) in [7, 11) is -4.64. The van der Waals surface area contributed by atoms with E-state index in [-0.39, 0.29) is 6.17 Å². The monoisotopic (exact) mass is 250 g/mol. The van der Waals surface area contributed by atoms with Gasteiger partial charge in [-0.3, -0.25) is 0 Å². The maximum absolute atomic E-state index is 10.5. The molecule has 3 N–H and O–H groups in total.